The standard InChI is InChI=1S/C10H12.2C10H8.C9H7N.C8H7N.C6H6.C4H5N.C3H4N2.CH4/c3*1-2-6-10-8-4-3-7-9(10)5-1;1-2-6-9-8(4-1)5-3-7-10-9;1-2-4-8-7(3-1)5-6-9-8;1-2-4-6-5-3-1;1-2-4-5-3-1;1-2-5-3-4-1;/h1-2,5-6H,3-4,7-8H2;2*1-8H;1-7H;1-6,9H;1-6H;1-5H;1-3H,(H,4,5);1H4. The number of fused-ring (bicyclic) bond motifs is 5. The van der Waals surface area contributed by atoms with E-state index in [0.717, 1.165) is 5.52 Å². The Kier molecular flexibility index (Phi) is 22.1. The minimum Gasteiger partial charge on any atom is -0.368 e. The van der Waals surface area contributed by atoms with E-state index in [9.17, 15) is 0 Å². The van der Waals surface area contributed by atoms with Gasteiger partial charge in [-0.3, -0.25) is 4.98 Å². The number of benzene rings is 8. The van der Waals surface area contributed by atoms with Crippen molar-refractivity contribution in [2.75, 3.05) is 0 Å². The van der Waals surface area contributed by atoms with Crippen LogP contribution in [-0.4, -0.2) is 24.9 Å². The van der Waals surface area contributed by atoms with Gasteiger partial charge >= 0.3 is 0 Å². The smallest absolute Gasteiger partial charge is 0.0919 e. The molecule has 8 aromatic carbocycles. The fourth-order valence-corrected chi connectivity index (χ4v) is 6.83. The Morgan fingerprint density at radius 3 is 1.14 bits per heavy atom. The van der Waals surface area contributed by atoms with Crippen LogP contribution in [0.3, 0.4) is 0 Å². The van der Waals surface area contributed by atoms with E-state index in [-0.39, 0.29) is 7.43 Å². The number of nitrogens with one attached hydrogen (secondary N) is 3. The number of hydrogen-bond donors (Lipinski definition) is 3. The largest absolute Gasteiger partial charge is 0.368 e. The zero-order valence-corrected chi connectivity index (χ0v) is 36.8. The van der Waals surface area contributed by atoms with Crippen molar-refractivity contribution in [1.29, 1.82) is 0 Å². The van der Waals surface area contributed by atoms with E-state index < -0.39 is 0 Å². The monoisotopic (exact) mass is 863 g/mol. The summed E-state index contributed by atoms with van der Waals surface area (Å²) in [5.41, 5.74) is 5.42. The molecule has 1 aliphatic carbocycles. The second-order valence-corrected chi connectivity index (χ2v) is 14.7. The van der Waals surface area contributed by atoms with Gasteiger partial charge in [-0.25, -0.2) is 4.98 Å². The average molecular weight is 864 g/mol. The maximum Gasteiger partial charge on any atom is 0.0919 e. The van der Waals surface area contributed by atoms with Crippen LogP contribution in [0.1, 0.15) is 31.4 Å². The van der Waals surface area contributed by atoms with Crippen LogP contribution in [-0.2, 0) is 12.8 Å². The minimum atomic E-state index is 0. The Hall–Kier alpha value is -8.28. The van der Waals surface area contributed by atoms with Crippen molar-refractivity contribution < 1.29 is 0 Å². The van der Waals surface area contributed by atoms with Gasteiger partial charge in [0.15, 0.2) is 0 Å². The number of pyridine rings is 1. The van der Waals surface area contributed by atoms with Gasteiger partial charge in [-0.05, 0) is 100 Å². The summed E-state index contributed by atoms with van der Waals surface area (Å²) in [4.78, 5) is 16.6. The third kappa shape index (κ3) is 17.8. The molecule has 66 heavy (non-hydrogen) atoms. The first-order valence-electron chi connectivity index (χ1n) is 22.1. The van der Waals surface area contributed by atoms with Crippen LogP contribution in [0.2, 0.25) is 0 Å². The van der Waals surface area contributed by atoms with Crippen molar-refractivity contribution in [3.63, 3.8) is 0 Å². The van der Waals surface area contributed by atoms with Gasteiger partial charge in [0.1, 0.15) is 0 Å². The molecule has 3 N–H and O–H groups in total. The molecule has 0 saturated carbocycles. The Labute approximate surface area is 390 Å². The molecule has 4 heterocycles. The number of hydrogen-bond acceptors (Lipinski definition) is 2. The fourth-order valence-electron chi connectivity index (χ4n) is 6.83. The van der Waals surface area contributed by atoms with E-state index in [0.29, 0.717) is 0 Å². The lowest BCUT2D eigenvalue weighted by atomic mass is 9.92. The quantitative estimate of drug-likeness (QED) is 0.142. The van der Waals surface area contributed by atoms with Gasteiger partial charge in [0.2, 0.25) is 0 Å². The summed E-state index contributed by atoms with van der Waals surface area (Å²) in [5.74, 6) is 0. The Morgan fingerprint density at radius 1 is 0.318 bits per heavy atom. The number of imidazole rings is 1. The Balaban J connectivity index is 0.000000143. The number of aryl methyl sites for hydroxylation is 2. The molecule has 1 aliphatic rings. The summed E-state index contributed by atoms with van der Waals surface area (Å²) in [6.45, 7) is 0. The van der Waals surface area contributed by atoms with Crippen LogP contribution in [0.15, 0.2) is 280 Å². The van der Waals surface area contributed by atoms with E-state index in [1.165, 1.54) is 63.5 Å². The van der Waals surface area contributed by atoms with Crippen LogP contribution in [0.25, 0.3) is 43.4 Å². The van der Waals surface area contributed by atoms with E-state index in [1.54, 1.807) is 29.8 Å². The molecule has 5 heteroatoms. The molecule has 0 bridgehead atoms. The summed E-state index contributed by atoms with van der Waals surface area (Å²) < 4.78 is 0. The number of nitrogens with zero attached hydrogens (tertiary/aromatic N) is 2. The third-order valence-corrected chi connectivity index (χ3v) is 10.1. The van der Waals surface area contributed by atoms with Crippen molar-refractivity contribution in [3.05, 3.63) is 291 Å². The zero-order valence-electron chi connectivity index (χ0n) is 36.8. The van der Waals surface area contributed by atoms with Crippen LogP contribution in [0, 0.1) is 0 Å². The molecule has 5 nitrogen and oxygen atoms in total. The first kappa shape index (κ1) is 48.7. The van der Waals surface area contributed by atoms with Crippen molar-refractivity contribution in [2.24, 2.45) is 0 Å². The average Bonchev–Trinajstić information content (AvgIpc) is 4.26. The molecule has 0 atom stereocenters. The molecule has 4 aromatic heterocycles. The lowest BCUT2D eigenvalue weighted by molar-refractivity contribution is 0.685. The van der Waals surface area contributed by atoms with Crippen molar-refractivity contribution >= 4 is 43.4 Å². The number of rotatable bonds is 0. The van der Waals surface area contributed by atoms with Gasteiger partial charge in [0, 0.05) is 48.1 Å². The fraction of sp³-hybridized carbons (Fsp3) is 0.0820. The lowest BCUT2D eigenvalue weighted by Crippen LogP contribution is -2.00. The zero-order chi connectivity index (χ0) is 44.7. The first-order valence-corrected chi connectivity index (χ1v) is 22.1. The van der Waals surface area contributed by atoms with Crippen LogP contribution in [0.5, 0.6) is 0 Å². The highest BCUT2D eigenvalue weighted by molar-refractivity contribution is 5.83. The van der Waals surface area contributed by atoms with Gasteiger partial charge in [-0.2, -0.15) is 0 Å². The van der Waals surface area contributed by atoms with Crippen LogP contribution >= 0.6 is 0 Å². The first-order chi connectivity index (χ1) is 32.3. The highest BCUT2D eigenvalue weighted by Gasteiger charge is 2.06. The second-order valence-electron chi connectivity index (χ2n) is 14.7. The van der Waals surface area contributed by atoms with Crippen LogP contribution < -0.4 is 0 Å². The third-order valence-electron chi connectivity index (χ3n) is 10.1. The summed E-state index contributed by atoms with van der Waals surface area (Å²) in [5, 5.41) is 7.72. The van der Waals surface area contributed by atoms with Crippen LogP contribution in [0.4, 0.5) is 0 Å². The molecule has 13 rings (SSSR count). The van der Waals surface area contributed by atoms with Gasteiger partial charge in [-0.1, -0.05) is 208 Å². The maximum absolute atomic E-state index is 4.18. The van der Waals surface area contributed by atoms with Gasteiger partial charge in [0.05, 0.1) is 11.8 Å². The normalized spacial score (nSPS) is 10.4. The Bertz CT molecular complexity index is 2500. The lowest BCUT2D eigenvalue weighted by Gasteiger charge is -2.13. The number of aromatic nitrogens is 5. The predicted octanol–water partition coefficient (Wildman–Crippen LogP) is 16.4. The number of aromatic amines is 3. The van der Waals surface area contributed by atoms with Gasteiger partial charge < -0.3 is 15.0 Å². The summed E-state index contributed by atoms with van der Waals surface area (Å²) in [6.07, 6.45) is 18.0. The highest BCUT2D eigenvalue weighted by atomic mass is 14.8. The second kappa shape index (κ2) is 29.9. The molecule has 0 aliphatic heterocycles. The van der Waals surface area contributed by atoms with Crippen molar-refractivity contribution in [2.45, 2.75) is 33.1 Å². The van der Waals surface area contributed by atoms with Crippen molar-refractivity contribution in [3.8, 4) is 0 Å². The SMILES string of the molecule is C.c1c[nH]cn1.c1cc[nH]c1.c1ccc2[nH]ccc2c1.c1ccc2c(c1)CCCC2.c1ccc2ccccc2c1.c1ccc2ccccc2c1.c1ccc2ncccc2c1.c1ccccc1. The van der Waals surface area contributed by atoms with Gasteiger partial charge in [0.25, 0.3) is 0 Å². The van der Waals surface area contributed by atoms with E-state index in [4.69, 9.17) is 0 Å². The molecule has 12 aromatic rings. The molecule has 0 amide bonds. The molecule has 330 valence electrons. The molecular formula is C61H61N5. The van der Waals surface area contributed by atoms with Crippen molar-refractivity contribution in [1.82, 2.24) is 24.9 Å². The van der Waals surface area contributed by atoms with Gasteiger partial charge in [-0.15, -0.1) is 0 Å². The summed E-state index contributed by atoms with van der Waals surface area (Å²) in [7, 11) is 0. The van der Waals surface area contributed by atoms with E-state index >= 15 is 0 Å². The van der Waals surface area contributed by atoms with E-state index in [1.807, 2.05) is 110 Å². The highest BCUT2D eigenvalue weighted by Crippen LogP contribution is 2.20. The van der Waals surface area contributed by atoms with E-state index in [2.05, 4.69) is 177 Å². The molecular weight excluding hydrogens is 803 g/mol. The molecule has 0 unspecified atom stereocenters. The predicted molar refractivity (Wildman–Crippen MR) is 284 cm³/mol. The number of H-pyrrole nitrogens is 3. The minimum absolute atomic E-state index is 0. The molecule has 0 spiro atoms. The molecule has 0 fully saturated rings. The number of para-hydroxylation sites is 2. The molecule has 0 saturated heterocycles. The summed E-state index contributed by atoms with van der Waals surface area (Å²) >= 11 is 0. The maximum atomic E-state index is 4.18. The summed E-state index contributed by atoms with van der Waals surface area (Å²) in [6, 6.07) is 80.5. The molecule has 0 radical (unpaired) electrons. The topological polar surface area (TPSA) is 73.2 Å². The Morgan fingerprint density at radius 2 is 0.742 bits per heavy atom.